The number of fused-ring (bicyclic) bond motifs is 2. The maximum atomic E-state index is 14.0. The summed E-state index contributed by atoms with van der Waals surface area (Å²) in [4.78, 5) is 27.5. The van der Waals surface area contributed by atoms with Crippen LogP contribution in [0.25, 0.3) is 0 Å². The van der Waals surface area contributed by atoms with E-state index in [1.165, 1.54) is 0 Å². The number of amides is 1. The molecule has 0 radical (unpaired) electrons. The predicted octanol–water partition coefficient (Wildman–Crippen LogP) is 6.15. The molecular formula is C32H26N4O. The summed E-state index contributed by atoms with van der Waals surface area (Å²) >= 11 is 0. The van der Waals surface area contributed by atoms with Crippen LogP contribution in [0.5, 0.6) is 0 Å². The Kier molecular flexibility index (Phi) is 5.73. The lowest BCUT2D eigenvalue weighted by Crippen LogP contribution is -2.42. The Bertz CT molecular complexity index is 1500. The number of hydrogen-bond donors (Lipinski definition) is 0. The molecule has 5 nitrogen and oxygen atoms in total. The number of nitrogens with zero attached hydrogens (tertiary/aromatic N) is 4. The molecule has 0 fully saturated rings. The van der Waals surface area contributed by atoms with Crippen molar-refractivity contribution in [2.75, 3.05) is 16.5 Å². The van der Waals surface area contributed by atoms with Crippen LogP contribution in [0.15, 0.2) is 132 Å². The number of anilines is 2. The van der Waals surface area contributed by atoms with Gasteiger partial charge in [-0.3, -0.25) is 19.7 Å². The summed E-state index contributed by atoms with van der Waals surface area (Å²) in [7, 11) is 0. The van der Waals surface area contributed by atoms with Crippen molar-refractivity contribution in [3.05, 3.63) is 144 Å². The third-order valence-electron chi connectivity index (χ3n) is 6.94. The van der Waals surface area contributed by atoms with E-state index in [-0.39, 0.29) is 5.91 Å². The smallest absolute Gasteiger partial charge is 0.273 e. The lowest BCUT2D eigenvalue weighted by atomic mass is 9.77. The minimum Gasteiger partial charge on any atom is -0.327 e. The molecule has 0 bridgehead atoms. The number of aliphatic imine (C=N–C) groups is 2. The molecule has 0 spiro atoms. The zero-order valence-electron chi connectivity index (χ0n) is 20.5. The van der Waals surface area contributed by atoms with Crippen LogP contribution in [0.4, 0.5) is 11.4 Å². The average molecular weight is 483 g/mol. The molecule has 0 aromatic heterocycles. The van der Waals surface area contributed by atoms with Crippen molar-refractivity contribution >= 4 is 29.2 Å². The number of carbonyl (C=O) groups is 1. The van der Waals surface area contributed by atoms with Gasteiger partial charge in [-0.05, 0) is 30.2 Å². The van der Waals surface area contributed by atoms with E-state index in [0.717, 1.165) is 33.6 Å². The maximum Gasteiger partial charge on any atom is 0.273 e. The molecule has 0 N–H and O–H groups in total. The SMILES string of the molecule is CC1=NC(c2ccccc2)(c2ccccc2)c2ccccc2N(CN2C=CN=Cc3ccccc32)C1=O. The Morgan fingerprint density at radius 2 is 1.32 bits per heavy atom. The quantitative estimate of drug-likeness (QED) is 0.350. The zero-order valence-corrected chi connectivity index (χ0v) is 20.5. The van der Waals surface area contributed by atoms with E-state index in [4.69, 9.17) is 4.99 Å². The Hall–Kier alpha value is -4.77. The van der Waals surface area contributed by atoms with Crippen molar-refractivity contribution < 1.29 is 4.79 Å². The van der Waals surface area contributed by atoms with E-state index in [1.54, 1.807) is 6.20 Å². The Morgan fingerprint density at radius 3 is 2.03 bits per heavy atom. The molecule has 0 aliphatic carbocycles. The van der Waals surface area contributed by atoms with Crippen molar-refractivity contribution in [3.63, 3.8) is 0 Å². The molecule has 37 heavy (non-hydrogen) atoms. The Labute approximate surface area is 216 Å². The topological polar surface area (TPSA) is 48.3 Å². The highest BCUT2D eigenvalue weighted by Gasteiger charge is 2.42. The monoisotopic (exact) mass is 482 g/mol. The Balaban J connectivity index is 1.57. The normalized spacial score (nSPS) is 15.9. The van der Waals surface area contributed by atoms with Crippen molar-refractivity contribution in [3.8, 4) is 0 Å². The van der Waals surface area contributed by atoms with Crippen LogP contribution in [-0.2, 0) is 10.3 Å². The first-order valence-electron chi connectivity index (χ1n) is 12.3. The van der Waals surface area contributed by atoms with Gasteiger partial charge < -0.3 is 4.90 Å². The molecule has 2 aliphatic rings. The van der Waals surface area contributed by atoms with Gasteiger partial charge >= 0.3 is 0 Å². The minimum absolute atomic E-state index is 0.128. The Morgan fingerprint density at radius 1 is 0.730 bits per heavy atom. The van der Waals surface area contributed by atoms with Crippen molar-refractivity contribution in [1.29, 1.82) is 0 Å². The van der Waals surface area contributed by atoms with Crippen LogP contribution in [0, 0.1) is 0 Å². The molecule has 0 saturated carbocycles. The molecule has 0 atom stereocenters. The van der Waals surface area contributed by atoms with Gasteiger partial charge in [0, 0.05) is 29.7 Å². The standard InChI is InChI=1S/C32H26N4O/c1-24-31(37)36(23-35-21-20-33-22-25-12-8-10-18-29(25)35)30-19-11-9-17-28(30)32(34-24,26-13-4-2-5-14-26)27-15-6-3-7-16-27/h2-22H,23H2,1H3. The van der Waals surface area contributed by atoms with Gasteiger partial charge in [0.05, 0.1) is 17.1 Å². The number of rotatable bonds is 4. The summed E-state index contributed by atoms with van der Waals surface area (Å²) in [5, 5.41) is 0. The van der Waals surface area contributed by atoms with E-state index < -0.39 is 5.54 Å². The van der Waals surface area contributed by atoms with Crippen LogP contribution in [0.1, 0.15) is 29.2 Å². The molecule has 0 saturated heterocycles. The van der Waals surface area contributed by atoms with Crippen molar-refractivity contribution in [2.24, 2.45) is 9.98 Å². The van der Waals surface area contributed by atoms with Crippen molar-refractivity contribution in [2.45, 2.75) is 12.5 Å². The molecule has 2 aliphatic heterocycles. The van der Waals surface area contributed by atoms with Gasteiger partial charge in [0.1, 0.15) is 12.2 Å². The van der Waals surface area contributed by atoms with Gasteiger partial charge in [-0.15, -0.1) is 0 Å². The summed E-state index contributed by atoms with van der Waals surface area (Å²) < 4.78 is 0. The van der Waals surface area contributed by atoms with E-state index in [2.05, 4.69) is 40.2 Å². The molecule has 2 heterocycles. The first kappa shape index (κ1) is 22.7. The summed E-state index contributed by atoms with van der Waals surface area (Å²) in [6.45, 7) is 2.14. The van der Waals surface area contributed by atoms with Gasteiger partial charge in [-0.1, -0.05) is 97.1 Å². The summed E-state index contributed by atoms with van der Waals surface area (Å²) in [5.41, 5.74) is 5.37. The largest absolute Gasteiger partial charge is 0.327 e. The lowest BCUT2D eigenvalue weighted by molar-refractivity contribution is -0.112. The lowest BCUT2D eigenvalue weighted by Gasteiger charge is -2.34. The van der Waals surface area contributed by atoms with Crippen molar-refractivity contribution in [1.82, 2.24) is 0 Å². The van der Waals surface area contributed by atoms with Crippen LogP contribution in [0.2, 0.25) is 0 Å². The third kappa shape index (κ3) is 3.85. The number of benzene rings is 4. The van der Waals surface area contributed by atoms with E-state index in [1.807, 2.05) is 103 Å². The van der Waals surface area contributed by atoms with Crippen LogP contribution < -0.4 is 9.80 Å². The molecule has 0 unspecified atom stereocenters. The number of para-hydroxylation sites is 2. The van der Waals surface area contributed by atoms with Gasteiger partial charge in [0.25, 0.3) is 5.91 Å². The fourth-order valence-electron chi connectivity index (χ4n) is 5.24. The number of hydrogen-bond acceptors (Lipinski definition) is 4. The molecule has 1 amide bonds. The highest BCUT2D eigenvalue weighted by Crippen LogP contribution is 2.46. The fraction of sp³-hybridized carbons (Fsp3) is 0.0938. The van der Waals surface area contributed by atoms with E-state index >= 15 is 0 Å². The predicted molar refractivity (Wildman–Crippen MR) is 150 cm³/mol. The van der Waals surface area contributed by atoms with Gasteiger partial charge in [0.15, 0.2) is 0 Å². The number of carbonyl (C=O) groups excluding carboxylic acids is 1. The van der Waals surface area contributed by atoms with Crippen LogP contribution in [-0.4, -0.2) is 24.5 Å². The van der Waals surface area contributed by atoms with E-state index in [0.29, 0.717) is 12.4 Å². The average Bonchev–Trinajstić information content (AvgIpc) is 3.22. The summed E-state index contributed by atoms with van der Waals surface area (Å²) in [6.07, 6.45) is 5.51. The van der Waals surface area contributed by atoms with Gasteiger partial charge in [0.2, 0.25) is 0 Å². The molecule has 5 heteroatoms. The fourth-order valence-corrected chi connectivity index (χ4v) is 5.24. The maximum absolute atomic E-state index is 14.0. The molecule has 4 aromatic rings. The summed E-state index contributed by atoms with van der Waals surface area (Å²) in [5.74, 6) is -0.128. The molecule has 180 valence electrons. The summed E-state index contributed by atoms with van der Waals surface area (Å²) in [6, 6.07) is 36.6. The molecule has 6 rings (SSSR count). The van der Waals surface area contributed by atoms with Gasteiger partial charge in [-0.2, -0.15) is 0 Å². The third-order valence-corrected chi connectivity index (χ3v) is 6.94. The highest BCUT2D eigenvalue weighted by atomic mass is 16.2. The molecular weight excluding hydrogens is 456 g/mol. The van der Waals surface area contributed by atoms with E-state index in [9.17, 15) is 4.79 Å². The minimum atomic E-state index is -0.872. The van der Waals surface area contributed by atoms with Crippen LogP contribution >= 0.6 is 0 Å². The second-order valence-corrected chi connectivity index (χ2v) is 9.14. The highest BCUT2D eigenvalue weighted by molar-refractivity contribution is 6.43. The first-order valence-corrected chi connectivity index (χ1v) is 12.3. The second kappa shape index (κ2) is 9.36. The first-order chi connectivity index (χ1) is 18.2. The zero-order chi connectivity index (χ0) is 25.2. The van der Waals surface area contributed by atoms with Gasteiger partial charge in [-0.25, -0.2) is 0 Å². The second-order valence-electron chi connectivity index (χ2n) is 9.14. The van der Waals surface area contributed by atoms with Crippen LogP contribution in [0.3, 0.4) is 0 Å². The molecule has 4 aromatic carbocycles.